The number of carboxylic acids is 1. The molecule has 2 saturated heterocycles. The van der Waals surface area contributed by atoms with Crippen molar-refractivity contribution in [2.24, 2.45) is 5.92 Å². The third kappa shape index (κ3) is 2.94. The number of likely N-dealkylation sites (tertiary alicyclic amines) is 1. The van der Waals surface area contributed by atoms with E-state index in [2.05, 4.69) is 0 Å². The zero-order valence-electron chi connectivity index (χ0n) is 9.93. The van der Waals surface area contributed by atoms with Gasteiger partial charge in [-0.15, -0.1) is 0 Å². The Morgan fingerprint density at radius 3 is 2.65 bits per heavy atom. The lowest BCUT2D eigenvalue weighted by molar-refractivity contribution is -0.151. The molecule has 17 heavy (non-hydrogen) atoms. The molecule has 0 saturated carbocycles. The van der Waals surface area contributed by atoms with Crippen molar-refractivity contribution in [2.75, 3.05) is 18.1 Å². The number of rotatable bonds is 2. The van der Waals surface area contributed by atoms with Gasteiger partial charge < -0.3 is 10.0 Å². The number of carboxylic acid groups (broad SMARTS) is 1. The smallest absolute Gasteiger partial charge is 0.326 e. The van der Waals surface area contributed by atoms with Gasteiger partial charge in [0.2, 0.25) is 5.91 Å². The third-order valence-corrected chi connectivity index (χ3v) is 4.76. The molecule has 0 aromatic carbocycles. The van der Waals surface area contributed by atoms with Gasteiger partial charge in [-0.2, -0.15) is 11.8 Å². The standard InChI is InChI=1S/C12H19NO3S/c14-11(9-5-7-17-8-9)13-6-3-1-2-4-10(13)12(15)16/h9-10H,1-8H2,(H,15,16). The normalized spacial score (nSPS) is 30.0. The Hall–Kier alpha value is -0.710. The quantitative estimate of drug-likeness (QED) is 0.816. The molecule has 2 fully saturated rings. The monoisotopic (exact) mass is 257 g/mol. The van der Waals surface area contributed by atoms with Crippen LogP contribution in [0.15, 0.2) is 0 Å². The molecular formula is C12H19NO3S. The molecule has 2 unspecified atom stereocenters. The van der Waals surface area contributed by atoms with Crippen molar-refractivity contribution >= 4 is 23.6 Å². The number of hydrogen-bond donors (Lipinski definition) is 1. The highest BCUT2D eigenvalue weighted by Crippen LogP contribution is 2.27. The van der Waals surface area contributed by atoms with Crippen LogP contribution in [0.2, 0.25) is 0 Å². The molecule has 5 heteroatoms. The Labute approximate surface area is 106 Å². The molecule has 0 aromatic rings. The summed E-state index contributed by atoms with van der Waals surface area (Å²) in [5.74, 6) is 1.18. The SMILES string of the molecule is O=C(O)C1CCCCCN1C(=O)C1CCSC1. The van der Waals surface area contributed by atoms with Crippen LogP contribution in [-0.4, -0.2) is 46.0 Å². The highest BCUT2D eigenvalue weighted by molar-refractivity contribution is 7.99. The minimum absolute atomic E-state index is 0.0555. The van der Waals surface area contributed by atoms with Crippen LogP contribution in [0.5, 0.6) is 0 Å². The number of carbonyl (C=O) groups is 2. The average Bonchev–Trinajstić information content (AvgIpc) is 2.71. The lowest BCUT2D eigenvalue weighted by atomic mass is 10.0. The minimum atomic E-state index is -0.842. The van der Waals surface area contributed by atoms with Gasteiger partial charge >= 0.3 is 5.97 Å². The van der Waals surface area contributed by atoms with Gasteiger partial charge in [0.15, 0.2) is 0 Å². The van der Waals surface area contributed by atoms with Gasteiger partial charge in [0.25, 0.3) is 0 Å². The number of hydrogen-bond acceptors (Lipinski definition) is 3. The highest BCUT2D eigenvalue weighted by Gasteiger charge is 2.35. The van der Waals surface area contributed by atoms with E-state index in [-0.39, 0.29) is 11.8 Å². The molecule has 2 atom stereocenters. The van der Waals surface area contributed by atoms with Crippen molar-refractivity contribution in [3.63, 3.8) is 0 Å². The molecule has 0 bridgehead atoms. The summed E-state index contributed by atoms with van der Waals surface area (Å²) in [4.78, 5) is 25.2. The molecule has 0 aliphatic carbocycles. The van der Waals surface area contributed by atoms with Crippen molar-refractivity contribution in [1.29, 1.82) is 0 Å². The predicted octanol–water partition coefficient (Wildman–Crippen LogP) is 1.60. The summed E-state index contributed by atoms with van der Waals surface area (Å²) in [6.45, 7) is 0.622. The van der Waals surface area contributed by atoms with E-state index in [0.717, 1.165) is 37.2 Å². The van der Waals surface area contributed by atoms with E-state index in [1.807, 2.05) is 0 Å². The van der Waals surface area contributed by atoms with E-state index >= 15 is 0 Å². The number of carbonyl (C=O) groups excluding carboxylic acids is 1. The number of aliphatic carboxylic acids is 1. The van der Waals surface area contributed by atoms with Gasteiger partial charge in [0, 0.05) is 18.2 Å². The summed E-state index contributed by atoms with van der Waals surface area (Å²) in [7, 11) is 0. The van der Waals surface area contributed by atoms with Gasteiger partial charge in [-0.25, -0.2) is 4.79 Å². The first-order valence-corrected chi connectivity index (χ1v) is 7.46. The maximum atomic E-state index is 12.3. The Morgan fingerprint density at radius 1 is 1.18 bits per heavy atom. The van der Waals surface area contributed by atoms with Crippen LogP contribution in [0.25, 0.3) is 0 Å². The summed E-state index contributed by atoms with van der Waals surface area (Å²) in [5.41, 5.74) is 0. The first kappa shape index (κ1) is 12.7. The molecule has 2 aliphatic heterocycles. The second kappa shape index (κ2) is 5.76. The summed E-state index contributed by atoms with van der Waals surface area (Å²) in [6.07, 6.45) is 4.41. The van der Waals surface area contributed by atoms with Crippen molar-refractivity contribution < 1.29 is 14.7 Å². The molecule has 0 spiro atoms. The summed E-state index contributed by atoms with van der Waals surface area (Å²) in [5, 5.41) is 9.23. The van der Waals surface area contributed by atoms with Crippen LogP contribution < -0.4 is 0 Å². The summed E-state index contributed by atoms with van der Waals surface area (Å²) in [6, 6.07) is -0.587. The Balaban J connectivity index is 2.08. The maximum absolute atomic E-state index is 12.3. The van der Waals surface area contributed by atoms with E-state index in [4.69, 9.17) is 0 Å². The van der Waals surface area contributed by atoms with Crippen LogP contribution in [0, 0.1) is 5.92 Å². The van der Waals surface area contributed by atoms with Gasteiger partial charge in [-0.3, -0.25) is 4.79 Å². The molecule has 0 aromatic heterocycles. The van der Waals surface area contributed by atoms with Crippen LogP contribution in [-0.2, 0) is 9.59 Å². The van der Waals surface area contributed by atoms with Crippen LogP contribution >= 0.6 is 11.8 Å². The van der Waals surface area contributed by atoms with E-state index in [0.29, 0.717) is 13.0 Å². The van der Waals surface area contributed by atoms with Crippen molar-refractivity contribution in [1.82, 2.24) is 4.90 Å². The number of thioether (sulfide) groups is 1. The lowest BCUT2D eigenvalue weighted by Crippen LogP contribution is -2.47. The van der Waals surface area contributed by atoms with Gasteiger partial charge in [0.1, 0.15) is 6.04 Å². The van der Waals surface area contributed by atoms with E-state index in [9.17, 15) is 14.7 Å². The molecule has 2 aliphatic rings. The molecule has 1 amide bonds. The lowest BCUT2D eigenvalue weighted by Gasteiger charge is -2.29. The van der Waals surface area contributed by atoms with Crippen LogP contribution in [0.3, 0.4) is 0 Å². The fourth-order valence-corrected chi connectivity index (χ4v) is 3.80. The van der Waals surface area contributed by atoms with E-state index in [1.165, 1.54) is 0 Å². The van der Waals surface area contributed by atoms with Crippen LogP contribution in [0.4, 0.5) is 0 Å². The van der Waals surface area contributed by atoms with Gasteiger partial charge in [-0.1, -0.05) is 12.8 Å². The molecule has 2 heterocycles. The van der Waals surface area contributed by atoms with Crippen molar-refractivity contribution in [3.8, 4) is 0 Å². The highest BCUT2D eigenvalue weighted by atomic mass is 32.2. The topological polar surface area (TPSA) is 57.6 Å². The van der Waals surface area contributed by atoms with Crippen LogP contribution in [0.1, 0.15) is 32.1 Å². The fraction of sp³-hybridized carbons (Fsp3) is 0.833. The average molecular weight is 257 g/mol. The van der Waals surface area contributed by atoms with E-state index in [1.54, 1.807) is 16.7 Å². The predicted molar refractivity (Wildman–Crippen MR) is 67.0 cm³/mol. The molecule has 2 rings (SSSR count). The summed E-state index contributed by atoms with van der Waals surface area (Å²) >= 11 is 1.79. The summed E-state index contributed by atoms with van der Waals surface area (Å²) < 4.78 is 0. The zero-order valence-corrected chi connectivity index (χ0v) is 10.7. The zero-order chi connectivity index (χ0) is 12.3. The van der Waals surface area contributed by atoms with Crippen molar-refractivity contribution in [3.05, 3.63) is 0 Å². The largest absolute Gasteiger partial charge is 0.480 e. The fourth-order valence-electron chi connectivity index (χ4n) is 2.59. The molecule has 96 valence electrons. The third-order valence-electron chi connectivity index (χ3n) is 3.60. The molecule has 1 N–H and O–H groups in total. The van der Waals surface area contributed by atoms with E-state index < -0.39 is 12.0 Å². The molecular weight excluding hydrogens is 238 g/mol. The number of nitrogens with zero attached hydrogens (tertiary/aromatic N) is 1. The molecule has 0 radical (unpaired) electrons. The van der Waals surface area contributed by atoms with Gasteiger partial charge in [0.05, 0.1) is 0 Å². The Kier molecular flexibility index (Phi) is 4.31. The van der Waals surface area contributed by atoms with Gasteiger partial charge in [-0.05, 0) is 25.0 Å². The van der Waals surface area contributed by atoms with Crippen molar-refractivity contribution in [2.45, 2.75) is 38.1 Å². The first-order chi connectivity index (χ1) is 8.20. The molecule has 4 nitrogen and oxygen atoms in total. The Morgan fingerprint density at radius 2 is 2.00 bits per heavy atom. The second-order valence-electron chi connectivity index (χ2n) is 4.80. The minimum Gasteiger partial charge on any atom is -0.480 e. The number of amides is 1. The maximum Gasteiger partial charge on any atom is 0.326 e. The Bertz CT molecular complexity index is 302. The second-order valence-corrected chi connectivity index (χ2v) is 5.95. The first-order valence-electron chi connectivity index (χ1n) is 6.31.